The Kier molecular flexibility index (Phi) is 4.42. The third-order valence-electron chi connectivity index (χ3n) is 3.40. The molecular weight excluding hydrogens is 188 g/mol. The van der Waals surface area contributed by atoms with Gasteiger partial charge in [-0.15, -0.1) is 0 Å². The second-order valence-electron chi connectivity index (χ2n) is 5.00. The van der Waals surface area contributed by atoms with Crippen molar-refractivity contribution < 1.29 is 4.74 Å². The molecule has 15 heavy (non-hydrogen) atoms. The predicted octanol–water partition coefficient (Wildman–Crippen LogP) is 1.10. The summed E-state index contributed by atoms with van der Waals surface area (Å²) in [6, 6.07) is 0.683. The minimum absolute atomic E-state index is 0.683. The van der Waals surface area contributed by atoms with Gasteiger partial charge in [-0.05, 0) is 38.6 Å². The van der Waals surface area contributed by atoms with Crippen LogP contribution in [0.15, 0.2) is 0 Å². The van der Waals surface area contributed by atoms with E-state index in [-0.39, 0.29) is 0 Å². The number of hydrogen-bond acceptors (Lipinski definition) is 3. The summed E-state index contributed by atoms with van der Waals surface area (Å²) < 4.78 is 5.67. The molecule has 1 aliphatic carbocycles. The second-order valence-corrected chi connectivity index (χ2v) is 5.00. The summed E-state index contributed by atoms with van der Waals surface area (Å²) in [4.78, 5) is 2.52. The van der Waals surface area contributed by atoms with Crippen molar-refractivity contribution in [2.75, 3.05) is 39.4 Å². The van der Waals surface area contributed by atoms with Gasteiger partial charge in [0.1, 0.15) is 0 Å². The highest BCUT2D eigenvalue weighted by Gasteiger charge is 2.21. The van der Waals surface area contributed by atoms with E-state index in [0.717, 1.165) is 32.2 Å². The first-order valence-electron chi connectivity index (χ1n) is 6.38. The van der Waals surface area contributed by atoms with Gasteiger partial charge >= 0.3 is 0 Å². The van der Waals surface area contributed by atoms with Crippen molar-refractivity contribution in [3.05, 3.63) is 0 Å². The third-order valence-corrected chi connectivity index (χ3v) is 3.40. The van der Waals surface area contributed by atoms with E-state index in [2.05, 4.69) is 17.1 Å². The van der Waals surface area contributed by atoms with Gasteiger partial charge in [-0.2, -0.15) is 0 Å². The van der Waals surface area contributed by atoms with Crippen LogP contribution in [0.1, 0.15) is 26.2 Å². The molecule has 88 valence electrons. The van der Waals surface area contributed by atoms with E-state index in [1.165, 1.54) is 32.4 Å². The molecule has 2 rings (SSSR count). The van der Waals surface area contributed by atoms with Crippen molar-refractivity contribution in [1.29, 1.82) is 0 Å². The Morgan fingerprint density at radius 3 is 2.93 bits per heavy atom. The molecule has 1 saturated carbocycles. The average Bonchev–Trinajstić information content (AvgIpc) is 3.02. The van der Waals surface area contributed by atoms with Gasteiger partial charge in [-0.25, -0.2) is 0 Å². The number of hydrogen-bond donors (Lipinski definition) is 1. The summed E-state index contributed by atoms with van der Waals surface area (Å²) in [5, 5.41) is 3.51. The lowest BCUT2D eigenvalue weighted by Crippen LogP contribution is -2.31. The smallest absolute Gasteiger partial charge is 0.0593 e. The highest BCUT2D eigenvalue weighted by Crippen LogP contribution is 2.28. The standard InChI is InChI=1S/C12H24N2O/c1-11-4-6-14(7-5-13-11)8-9-15-10-12-2-3-12/h11-13H,2-10H2,1H3. The molecule has 0 aromatic carbocycles. The zero-order valence-electron chi connectivity index (χ0n) is 9.87. The van der Waals surface area contributed by atoms with Gasteiger partial charge in [0.2, 0.25) is 0 Å². The van der Waals surface area contributed by atoms with Gasteiger partial charge in [0.15, 0.2) is 0 Å². The first kappa shape index (κ1) is 11.4. The molecule has 3 nitrogen and oxygen atoms in total. The van der Waals surface area contributed by atoms with E-state index in [9.17, 15) is 0 Å². The molecule has 1 saturated heterocycles. The summed E-state index contributed by atoms with van der Waals surface area (Å²) in [7, 11) is 0. The molecule has 2 aliphatic rings. The Labute approximate surface area is 93.2 Å². The Hall–Kier alpha value is -0.120. The maximum absolute atomic E-state index is 5.67. The lowest BCUT2D eigenvalue weighted by atomic mass is 10.2. The molecule has 1 unspecified atom stereocenters. The summed E-state index contributed by atoms with van der Waals surface area (Å²) in [5.41, 5.74) is 0. The molecule has 0 aromatic heterocycles. The van der Waals surface area contributed by atoms with Crippen LogP contribution in [-0.4, -0.2) is 50.3 Å². The van der Waals surface area contributed by atoms with E-state index in [1.54, 1.807) is 0 Å². The molecule has 0 aromatic rings. The Balaban J connectivity index is 1.52. The number of nitrogens with zero attached hydrogens (tertiary/aromatic N) is 1. The molecule has 1 atom stereocenters. The van der Waals surface area contributed by atoms with Crippen molar-refractivity contribution >= 4 is 0 Å². The fourth-order valence-electron chi connectivity index (χ4n) is 2.01. The summed E-state index contributed by atoms with van der Waals surface area (Å²) in [5.74, 6) is 0.899. The summed E-state index contributed by atoms with van der Waals surface area (Å²) in [6.45, 7) is 8.84. The minimum Gasteiger partial charge on any atom is -0.380 e. The molecule has 1 aliphatic heterocycles. The Morgan fingerprint density at radius 2 is 2.13 bits per heavy atom. The topological polar surface area (TPSA) is 24.5 Å². The fraction of sp³-hybridized carbons (Fsp3) is 1.00. The second kappa shape index (κ2) is 5.83. The number of nitrogens with one attached hydrogen (secondary N) is 1. The number of ether oxygens (including phenoxy) is 1. The zero-order valence-corrected chi connectivity index (χ0v) is 9.87. The van der Waals surface area contributed by atoms with Gasteiger partial charge in [-0.3, -0.25) is 4.90 Å². The average molecular weight is 212 g/mol. The van der Waals surface area contributed by atoms with Gasteiger partial charge in [-0.1, -0.05) is 0 Å². The van der Waals surface area contributed by atoms with Crippen LogP contribution in [0.2, 0.25) is 0 Å². The fourth-order valence-corrected chi connectivity index (χ4v) is 2.01. The lowest BCUT2D eigenvalue weighted by molar-refractivity contribution is 0.0980. The van der Waals surface area contributed by atoms with Crippen LogP contribution in [0.25, 0.3) is 0 Å². The van der Waals surface area contributed by atoms with Crippen LogP contribution in [0, 0.1) is 5.92 Å². The summed E-state index contributed by atoms with van der Waals surface area (Å²) >= 11 is 0. The highest BCUT2D eigenvalue weighted by molar-refractivity contribution is 4.73. The van der Waals surface area contributed by atoms with Crippen molar-refractivity contribution in [3.8, 4) is 0 Å². The maximum Gasteiger partial charge on any atom is 0.0593 e. The van der Waals surface area contributed by atoms with E-state index < -0.39 is 0 Å². The van der Waals surface area contributed by atoms with E-state index in [4.69, 9.17) is 4.74 Å². The first-order valence-corrected chi connectivity index (χ1v) is 6.38. The molecule has 0 bridgehead atoms. The maximum atomic E-state index is 5.67. The van der Waals surface area contributed by atoms with Gasteiger partial charge in [0.25, 0.3) is 0 Å². The Bertz CT molecular complexity index is 182. The molecule has 0 spiro atoms. The predicted molar refractivity (Wildman–Crippen MR) is 62.1 cm³/mol. The molecule has 0 amide bonds. The molecule has 2 fully saturated rings. The SMILES string of the molecule is CC1CCN(CCOCC2CC2)CCN1. The van der Waals surface area contributed by atoms with Gasteiger partial charge in [0.05, 0.1) is 6.61 Å². The third kappa shape index (κ3) is 4.49. The van der Waals surface area contributed by atoms with Crippen LogP contribution >= 0.6 is 0 Å². The molecule has 3 heteroatoms. The van der Waals surface area contributed by atoms with Gasteiger partial charge < -0.3 is 10.1 Å². The van der Waals surface area contributed by atoms with Crippen LogP contribution in [0.3, 0.4) is 0 Å². The van der Waals surface area contributed by atoms with Crippen molar-refractivity contribution in [2.45, 2.75) is 32.2 Å². The Morgan fingerprint density at radius 1 is 1.27 bits per heavy atom. The van der Waals surface area contributed by atoms with Crippen LogP contribution in [-0.2, 0) is 4.74 Å². The lowest BCUT2D eigenvalue weighted by Gasteiger charge is -2.19. The van der Waals surface area contributed by atoms with E-state index >= 15 is 0 Å². The number of rotatable bonds is 5. The quantitative estimate of drug-likeness (QED) is 0.691. The molecule has 1 N–H and O–H groups in total. The van der Waals surface area contributed by atoms with Crippen molar-refractivity contribution in [1.82, 2.24) is 10.2 Å². The van der Waals surface area contributed by atoms with Crippen LogP contribution < -0.4 is 5.32 Å². The molecule has 1 heterocycles. The van der Waals surface area contributed by atoms with E-state index in [1.807, 2.05) is 0 Å². The van der Waals surface area contributed by atoms with Gasteiger partial charge in [0, 0.05) is 32.3 Å². The highest BCUT2D eigenvalue weighted by atomic mass is 16.5. The molecular formula is C12H24N2O. The summed E-state index contributed by atoms with van der Waals surface area (Å²) in [6.07, 6.45) is 4.05. The molecule has 0 radical (unpaired) electrons. The normalized spacial score (nSPS) is 29.0. The van der Waals surface area contributed by atoms with Crippen LogP contribution in [0.4, 0.5) is 0 Å². The van der Waals surface area contributed by atoms with Crippen LogP contribution in [0.5, 0.6) is 0 Å². The largest absolute Gasteiger partial charge is 0.380 e. The monoisotopic (exact) mass is 212 g/mol. The zero-order chi connectivity index (χ0) is 10.5. The first-order chi connectivity index (χ1) is 7.34. The minimum atomic E-state index is 0.683. The van der Waals surface area contributed by atoms with Crippen molar-refractivity contribution in [2.24, 2.45) is 5.92 Å². The van der Waals surface area contributed by atoms with E-state index in [0.29, 0.717) is 6.04 Å². The van der Waals surface area contributed by atoms with Crippen molar-refractivity contribution in [3.63, 3.8) is 0 Å².